The Balaban J connectivity index is 1.37. The minimum Gasteiger partial charge on any atom is -0.459 e. The summed E-state index contributed by atoms with van der Waals surface area (Å²) in [4.78, 5) is 41.6. The van der Waals surface area contributed by atoms with Crippen LogP contribution in [-0.2, 0) is 9.53 Å². The Morgan fingerprint density at radius 1 is 0.886 bits per heavy atom. The van der Waals surface area contributed by atoms with Crippen LogP contribution in [0.1, 0.15) is 39.0 Å². The van der Waals surface area contributed by atoms with E-state index in [2.05, 4.69) is 5.32 Å². The number of aryl methyl sites for hydroxylation is 1. The number of hydrogen-bond donors (Lipinski definition) is 1. The number of benzene rings is 2. The second-order valence-corrected chi connectivity index (χ2v) is 8.56. The molecule has 4 rings (SSSR count). The number of esters is 1. The zero-order chi connectivity index (χ0) is 24.9. The first-order chi connectivity index (χ1) is 16.8. The fraction of sp³-hybridized carbons (Fsp3) is 0.296. The summed E-state index contributed by atoms with van der Waals surface area (Å²) in [7, 11) is 0. The Morgan fingerprint density at radius 2 is 1.57 bits per heavy atom. The molecule has 0 bridgehead atoms. The zero-order valence-electron chi connectivity index (χ0n) is 20.1. The van der Waals surface area contributed by atoms with Crippen LogP contribution in [0.2, 0.25) is 0 Å². The molecule has 1 aromatic heterocycles. The topological polar surface area (TPSA) is 92.1 Å². The van der Waals surface area contributed by atoms with Crippen molar-refractivity contribution in [3.63, 3.8) is 0 Å². The van der Waals surface area contributed by atoms with Crippen LogP contribution < -0.4 is 5.32 Å². The molecule has 8 nitrogen and oxygen atoms in total. The van der Waals surface area contributed by atoms with E-state index in [0.29, 0.717) is 37.4 Å². The molecule has 1 unspecified atom stereocenters. The highest BCUT2D eigenvalue weighted by Gasteiger charge is 2.30. The Bertz CT molecular complexity index is 1210. The summed E-state index contributed by atoms with van der Waals surface area (Å²) in [6.07, 6.45) is 0.502. The van der Waals surface area contributed by atoms with Crippen molar-refractivity contribution in [3.05, 3.63) is 83.3 Å². The van der Waals surface area contributed by atoms with E-state index >= 15 is 0 Å². The van der Waals surface area contributed by atoms with Gasteiger partial charge in [0.05, 0.1) is 17.5 Å². The van der Waals surface area contributed by atoms with Crippen LogP contribution >= 0.6 is 0 Å². The lowest BCUT2D eigenvalue weighted by Gasteiger charge is -2.35. The first kappa shape index (κ1) is 24.1. The predicted octanol–water partition coefficient (Wildman–Crippen LogP) is 4.17. The molecule has 3 aromatic rings. The van der Waals surface area contributed by atoms with Gasteiger partial charge in [-0.05, 0) is 62.2 Å². The average Bonchev–Trinajstić information content (AvgIpc) is 3.41. The molecule has 1 aliphatic heterocycles. The molecule has 0 spiro atoms. The van der Waals surface area contributed by atoms with Crippen molar-refractivity contribution in [2.75, 3.05) is 31.5 Å². The number of rotatable bonds is 6. The third-order valence-corrected chi connectivity index (χ3v) is 6.26. The maximum absolute atomic E-state index is 13.0. The van der Waals surface area contributed by atoms with Crippen molar-refractivity contribution in [3.8, 4) is 0 Å². The SMILES string of the molecule is Cc1cccc(Nc2ccccc2C(=O)OC(C)C(=O)N2CCN(C(=O)c3ccco3)CC2)c1C. The number of nitrogens with one attached hydrogen (secondary N) is 1. The van der Waals surface area contributed by atoms with E-state index in [1.807, 2.05) is 38.1 Å². The molecule has 1 saturated heterocycles. The van der Waals surface area contributed by atoms with Crippen molar-refractivity contribution >= 4 is 29.2 Å². The summed E-state index contributed by atoms with van der Waals surface area (Å²) in [6.45, 7) is 7.10. The number of carbonyl (C=O) groups excluding carboxylic acids is 3. The van der Waals surface area contributed by atoms with Crippen molar-refractivity contribution in [1.82, 2.24) is 9.80 Å². The number of amides is 2. The van der Waals surface area contributed by atoms with Gasteiger partial charge in [0, 0.05) is 31.9 Å². The van der Waals surface area contributed by atoms with E-state index in [1.165, 1.54) is 6.26 Å². The summed E-state index contributed by atoms with van der Waals surface area (Å²) in [5, 5.41) is 3.31. The number of hydrogen-bond acceptors (Lipinski definition) is 6. The molecule has 1 N–H and O–H groups in total. The number of carbonyl (C=O) groups is 3. The largest absolute Gasteiger partial charge is 0.459 e. The van der Waals surface area contributed by atoms with E-state index in [4.69, 9.17) is 9.15 Å². The Morgan fingerprint density at radius 3 is 2.29 bits per heavy atom. The summed E-state index contributed by atoms with van der Waals surface area (Å²) in [5.74, 6) is -0.788. The molecule has 35 heavy (non-hydrogen) atoms. The van der Waals surface area contributed by atoms with E-state index in [0.717, 1.165) is 16.8 Å². The lowest BCUT2D eigenvalue weighted by Crippen LogP contribution is -2.53. The highest BCUT2D eigenvalue weighted by atomic mass is 16.5. The monoisotopic (exact) mass is 475 g/mol. The summed E-state index contributed by atoms with van der Waals surface area (Å²) < 4.78 is 10.7. The lowest BCUT2D eigenvalue weighted by atomic mass is 10.1. The van der Waals surface area contributed by atoms with E-state index < -0.39 is 12.1 Å². The van der Waals surface area contributed by atoms with Gasteiger partial charge in [0.15, 0.2) is 11.9 Å². The molecule has 1 fully saturated rings. The van der Waals surface area contributed by atoms with Crippen LogP contribution in [-0.4, -0.2) is 59.9 Å². The maximum Gasteiger partial charge on any atom is 0.341 e. The number of anilines is 2. The van der Waals surface area contributed by atoms with Crippen molar-refractivity contribution in [1.29, 1.82) is 0 Å². The van der Waals surface area contributed by atoms with Crippen LogP contribution in [0, 0.1) is 13.8 Å². The molecule has 2 aromatic carbocycles. The summed E-state index contributed by atoms with van der Waals surface area (Å²) in [6, 6.07) is 16.3. The second-order valence-electron chi connectivity index (χ2n) is 8.56. The summed E-state index contributed by atoms with van der Waals surface area (Å²) >= 11 is 0. The zero-order valence-corrected chi connectivity index (χ0v) is 20.1. The minimum atomic E-state index is -0.955. The van der Waals surface area contributed by atoms with Crippen LogP contribution in [0.4, 0.5) is 11.4 Å². The van der Waals surface area contributed by atoms with Crippen molar-refractivity contribution < 1.29 is 23.5 Å². The van der Waals surface area contributed by atoms with Gasteiger partial charge < -0.3 is 24.3 Å². The Hall–Kier alpha value is -4.07. The van der Waals surface area contributed by atoms with Gasteiger partial charge in [-0.3, -0.25) is 9.59 Å². The van der Waals surface area contributed by atoms with Crippen LogP contribution in [0.5, 0.6) is 0 Å². The molecule has 2 amide bonds. The molecule has 182 valence electrons. The quantitative estimate of drug-likeness (QED) is 0.538. The molecule has 1 atom stereocenters. The fourth-order valence-corrected chi connectivity index (χ4v) is 4.02. The third kappa shape index (κ3) is 5.37. The second kappa shape index (κ2) is 10.5. The van der Waals surface area contributed by atoms with Gasteiger partial charge in [0.2, 0.25) is 0 Å². The Kier molecular flexibility index (Phi) is 7.19. The maximum atomic E-state index is 13.0. The van der Waals surface area contributed by atoms with Gasteiger partial charge in [-0.2, -0.15) is 0 Å². The Labute approximate surface area is 204 Å². The number of nitrogens with zero attached hydrogens (tertiary/aromatic N) is 2. The smallest absolute Gasteiger partial charge is 0.341 e. The van der Waals surface area contributed by atoms with Crippen molar-refractivity contribution in [2.24, 2.45) is 0 Å². The number of para-hydroxylation sites is 1. The average molecular weight is 476 g/mol. The predicted molar refractivity (Wildman–Crippen MR) is 132 cm³/mol. The molecule has 0 saturated carbocycles. The first-order valence-electron chi connectivity index (χ1n) is 11.6. The summed E-state index contributed by atoms with van der Waals surface area (Å²) in [5.41, 5.74) is 4.08. The minimum absolute atomic E-state index is 0.200. The third-order valence-electron chi connectivity index (χ3n) is 6.26. The normalized spacial score (nSPS) is 14.4. The first-order valence-corrected chi connectivity index (χ1v) is 11.6. The highest BCUT2D eigenvalue weighted by Crippen LogP contribution is 2.26. The van der Waals surface area contributed by atoms with Gasteiger partial charge in [-0.15, -0.1) is 0 Å². The van der Waals surface area contributed by atoms with Crippen molar-refractivity contribution in [2.45, 2.75) is 26.9 Å². The number of furan rings is 1. The fourth-order valence-electron chi connectivity index (χ4n) is 4.02. The van der Waals surface area contributed by atoms with Crippen LogP contribution in [0.15, 0.2) is 65.3 Å². The van der Waals surface area contributed by atoms with Crippen LogP contribution in [0.3, 0.4) is 0 Å². The number of ether oxygens (including phenoxy) is 1. The van der Waals surface area contributed by atoms with Gasteiger partial charge in [0.1, 0.15) is 0 Å². The molecule has 1 aliphatic rings. The molecular weight excluding hydrogens is 446 g/mol. The molecule has 2 heterocycles. The molecule has 8 heteroatoms. The van der Waals surface area contributed by atoms with E-state index in [1.54, 1.807) is 47.1 Å². The standard InChI is InChI=1S/C27H29N3O5/c1-18-8-6-11-22(19(18)2)28-23-10-5-4-9-21(23)27(33)35-20(3)25(31)29-13-15-30(16-14-29)26(32)24-12-7-17-34-24/h4-12,17,20,28H,13-16H2,1-3H3. The van der Waals surface area contributed by atoms with Crippen LogP contribution in [0.25, 0.3) is 0 Å². The molecule has 0 radical (unpaired) electrons. The number of piperazine rings is 1. The molecule has 0 aliphatic carbocycles. The lowest BCUT2D eigenvalue weighted by molar-refractivity contribution is -0.141. The van der Waals surface area contributed by atoms with E-state index in [-0.39, 0.29) is 17.6 Å². The van der Waals surface area contributed by atoms with Gasteiger partial charge in [-0.25, -0.2) is 4.79 Å². The van der Waals surface area contributed by atoms with Gasteiger partial charge >= 0.3 is 5.97 Å². The molecular formula is C27H29N3O5. The van der Waals surface area contributed by atoms with Gasteiger partial charge in [-0.1, -0.05) is 24.3 Å². The highest BCUT2D eigenvalue weighted by molar-refractivity contribution is 5.98. The van der Waals surface area contributed by atoms with Gasteiger partial charge in [0.25, 0.3) is 11.8 Å². The van der Waals surface area contributed by atoms with E-state index in [9.17, 15) is 14.4 Å².